The Balaban J connectivity index is 1.20. The topological polar surface area (TPSA) is 71.0 Å². The van der Waals surface area contributed by atoms with E-state index in [1.165, 1.54) is 30.4 Å². The zero-order valence-corrected chi connectivity index (χ0v) is 19.6. The highest BCUT2D eigenvalue weighted by atomic mass is 16.5. The van der Waals surface area contributed by atoms with Crippen molar-refractivity contribution in [2.45, 2.75) is 38.3 Å². The van der Waals surface area contributed by atoms with Gasteiger partial charge in [-0.3, -0.25) is 14.6 Å². The maximum Gasteiger partial charge on any atom is 0.320 e. The molecule has 3 heterocycles. The summed E-state index contributed by atoms with van der Waals surface area (Å²) < 4.78 is 10.5. The molecule has 1 saturated carbocycles. The van der Waals surface area contributed by atoms with Crippen LogP contribution in [0, 0.1) is 0 Å². The van der Waals surface area contributed by atoms with E-state index >= 15 is 0 Å². The first kappa shape index (κ1) is 22.1. The molecule has 1 aliphatic carbocycles. The molecule has 1 saturated heterocycles. The van der Waals surface area contributed by atoms with Crippen LogP contribution in [0.3, 0.4) is 0 Å². The van der Waals surface area contributed by atoms with Crippen LogP contribution in [0.15, 0.2) is 24.3 Å². The summed E-state index contributed by atoms with van der Waals surface area (Å²) in [5.41, 5.74) is 4.38. The van der Waals surface area contributed by atoms with Gasteiger partial charge in [-0.1, -0.05) is 18.6 Å². The summed E-state index contributed by atoms with van der Waals surface area (Å²) >= 11 is 0. The Morgan fingerprint density at radius 3 is 2.52 bits per heavy atom. The molecule has 5 rings (SSSR count). The van der Waals surface area contributed by atoms with Gasteiger partial charge >= 0.3 is 6.01 Å². The number of aromatic nitrogens is 2. The highest BCUT2D eigenvalue weighted by Gasteiger charge is 2.30. The minimum Gasteiger partial charge on any atom is -0.481 e. The maximum atomic E-state index is 12.9. The summed E-state index contributed by atoms with van der Waals surface area (Å²) in [5.74, 6) is 0.747. The van der Waals surface area contributed by atoms with Crippen molar-refractivity contribution in [1.29, 1.82) is 0 Å². The fraction of sp³-hybridized carbons (Fsp3) is 0.560. The van der Waals surface area contributed by atoms with Gasteiger partial charge in [0.15, 0.2) is 0 Å². The number of nitrogens with zero attached hydrogens (tertiary/aromatic N) is 5. The van der Waals surface area contributed by atoms with Gasteiger partial charge in [0.25, 0.3) is 0 Å². The van der Waals surface area contributed by atoms with Crippen LogP contribution in [0.25, 0.3) is 11.3 Å². The summed E-state index contributed by atoms with van der Waals surface area (Å²) in [6.07, 6.45) is 4.96. The van der Waals surface area contributed by atoms with E-state index in [-0.39, 0.29) is 5.91 Å². The zero-order valence-electron chi connectivity index (χ0n) is 19.6. The Morgan fingerprint density at radius 2 is 1.82 bits per heavy atom. The smallest absolute Gasteiger partial charge is 0.320 e. The van der Waals surface area contributed by atoms with Crippen molar-refractivity contribution in [3.05, 3.63) is 35.4 Å². The minimum absolute atomic E-state index is 0.267. The molecule has 0 radical (unpaired) electrons. The van der Waals surface area contributed by atoms with Gasteiger partial charge in [-0.15, -0.1) is 0 Å². The second-order valence-electron chi connectivity index (χ2n) is 9.23. The van der Waals surface area contributed by atoms with Crippen molar-refractivity contribution >= 4 is 5.91 Å². The van der Waals surface area contributed by atoms with Crippen LogP contribution in [-0.4, -0.2) is 90.1 Å². The molecule has 0 spiro atoms. The Morgan fingerprint density at radius 1 is 1.00 bits per heavy atom. The minimum atomic E-state index is 0.267. The van der Waals surface area contributed by atoms with Crippen molar-refractivity contribution in [2.75, 3.05) is 53.5 Å². The predicted octanol–water partition coefficient (Wildman–Crippen LogP) is 2.22. The number of rotatable bonds is 6. The Labute approximate surface area is 195 Å². The molecule has 2 fully saturated rings. The molecule has 176 valence electrons. The van der Waals surface area contributed by atoms with Crippen molar-refractivity contribution in [2.24, 2.45) is 0 Å². The molecule has 3 aliphatic rings. The van der Waals surface area contributed by atoms with Crippen LogP contribution >= 0.6 is 0 Å². The van der Waals surface area contributed by atoms with Gasteiger partial charge in [-0.2, -0.15) is 9.97 Å². The lowest BCUT2D eigenvalue weighted by Gasteiger charge is -2.43. The zero-order chi connectivity index (χ0) is 22.8. The Kier molecular flexibility index (Phi) is 6.46. The van der Waals surface area contributed by atoms with Gasteiger partial charge in [0.1, 0.15) is 0 Å². The number of methoxy groups -OCH3 is 2. The summed E-state index contributed by atoms with van der Waals surface area (Å²) in [6, 6.07) is 9.30. The van der Waals surface area contributed by atoms with Crippen molar-refractivity contribution in [3.63, 3.8) is 0 Å². The number of hydrogen-bond donors (Lipinski definition) is 0. The average Bonchev–Trinajstić information content (AvgIpc) is 2.82. The van der Waals surface area contributed by atoms with E-state index in [1.54, 1.807) is 14.2 Å². The molecular weight excluding hydrogens is 418 g/mol. The van der Waals surface area contributed by atoms with Gasteiger partial charge < -0.3 is 14.4 Å². The molecule has 2 aliphatic heterocycles. The standard InChI is InChI=1S/C25H33N5O3/c1-32-23-15-22(26-25(27-23)33-2)19-6-7-20-16-28(9-8-18(20)14-19)17-24(31)30-12-10-29(11-13-30)21-4-3-5-21/h6-7,14-15,21H,3-5,8-13,16-17H2,1-2H3. The van der Waals surface area contributed by atoms with Gasteiger partial charge in [0.05, 0.1) is 26.5 Å². The fourth-order valence-electron chi connectivity index (χ4n) is 5.03. The molecule has 33 heavy (non-hydrogen) atoms. The molecule has 1 aromatic heterocycles. The van der Waals surface area contributed by atoms with Crippen LogP contribution in [0.1, 0.15) is 30.4 Å². The molecule has 1 amide bonds. The van der Waals surface area contributed by atoms with Crippen molar-refractivity contribution in [1.82, 2.24) is 24.7 Å². The third-order valence-corrected chi connectivity index (χ3v) is 7.28. The van der Waals surface area contributed by atoms with Crippen LogP contribution in [-0.2, 0) is 17.8 Å². The number of carbonyl (C=O) groups excluding carboxylic acids is 1. The highest BCUT2D eigenvalue weighted by molar-refractivity contribution is 5.78. The largest absolute Gasteiger partial charge is 0.481 e. The molecule has 0 N–H and O–H groups in total. The number of amides is 1. The maximum absolute atomic E-state index is 12.9. The molecule has 8 nitrogen and oxygen atoms in total. The number of benzene rings is 1. The van der Waals surface area contributed by atoms with E-state index in [0.717, 1.165) is 63.0 Å². The molecule has 0 bridgehead atoms. The van der Waals surface area contributed by atoms with Crippen molar-refractivity contribution < 1.29 is 14.3 Å². The van der Waals surface area contributed by atoms with E-state index in [1.807, 2.05) is 6.07 Å². The lowest BCUT2D eigenvalue weighted by atomic mass is 9.91. The van der Waals surface area contributed by atoms with E-state index in [9.17, 15) is 4.79 Å². The van der Waals surface area contributed by atoms with Crippen LogP contribution in [0.4, 0.5) is 0 Å². The summed E-state index contributed by atoms with van der Waals surface area (Å²) in [5, 5.41) is 0. The van der Waals surface area contributed by atoms with Gasteiger partial charge in [-0.25, -0.2) is 0 Å². The van der Waals surface area contributed by atoms with E-state index in [0.29, 0.717) is 18.4 Å². The van der Waals surface area contributed by atoms with Gasteiger partial charge in [0.2, 0.25) is 11.8 Å². The number of fused-ring (bicyclic) bond motifs is 1. The fourth-order valence-corrected chi connectivity index (χ4v) is 5.03. The van der Waals surface area contributed by atoms with Gasteiger partial charge in [-0.05, 0) is 36.5 Å². The first-order valence-corrected chi connectivity index (χ1v) is 12.0. The highest BCUT2D eigenvalue weighted by Crippen LogP contribution is 2.28. The third kappa shape index (κ3) is 4.82. The molecule has 2 aromatic rings. The number of ether oxygens (including phenoxy) is 2. The second-order valence-corrected chi connectivity index (χ2v) is 9.23. The molecular formula is C25H33N5O3. The number of carbonyl (C=O) groups is 1. The van der Waals surface area contributed by atoms with Crippen LogP contribution in [0.2, 0.25) is 0 Å². The molecule has 8 heteroatoms. The lowest BCUT2D eigenvalue weighted by Crippen LogP contribution is -2.55. The first-order chi connectivity index (χ1) is 16.1. The van der Waals surface area contributed by atoms with Crippen LogP contribution < -0.4 is 9.47 Å². The summed E-state index contributed by atoms with van der Waals surface area (Å²) in [7, 11) is 3.14. The predicted molar refractivity (Wildman–Crippen MR) is 125 cm³/mol. The summed E-state index contributed by atoms with van der Waals surface area (Å²) in [4.78, 5) is 28.5. The van der Waals surface area contributed by atoms with Gasteiger partial charge in [0, 0.05) is 56.9 Å². The third-order valence-electron chi connectivity index (χ3n) is 7.28. The Bertz CT molecular complexity index is 979. The Hall–Kier alpha value is -2.71. The number of hydrogen-bond acceptors (Lipinski definition) is 7. The first-order valence-electron chi connectivity index (χ1n) is 12.0. The van der Waals surface area contributed by atoms with E-state index in [4.69, 9.17) is 9.47 Å². The second kappa shape index (κ2) is 9.65. The molecule has 0 unspecified atom stereocenters. The monoisotopic (exact) mass is 451 g/mol. The van der Waals surface area contributed by atoms with Crippen molar-refractivity contribution in [3.8, 4) is 23.1 Å². The average molecular weight is 452 g/mol. The van der Waals surface area contributed by atoms with Crippen LogP contribution in [0.5, 0.6) is 11.9 Å². The quantitative estimate of drug-likeness (QED) is 0.667. The van der Waals surface area contributed by atoms with E-state index < -0.39 is 0 Å². The lowest BCUT2D eigenvalue weighted by molar-refractivity contribution is -0.135. The summed E-state index contributed by atoms with van der Waals surface area (Å²) in [6.45, 7) is 6.00. The number of piperazine rings is 1. The molecule has 0 atom stereocenters. The SMILES string of the molecule is COc1cc(-c2ccc3c(c2)CCN(CC(=O)N2CCN(C4CCC4)CC2)C3)nc(OC)n1. The van der Waals surface area contributed by atoms with E-state index in [2.05, 4.69) is 42.9 Å². The molecule has 1 aromatic carbocycles. The normalized spacial score (nSPS) is 19.6.